The number of amides is 1. The number of hydrogen-bond acceptors (Lipinski definition) is 3. The summed E-state index contributed by atoms with van der Waals surface area (Å²) >= 11 is 13.6. The summed E-state index contributed by atoms with van der Waals surface area (Å²) in [4.78, 5) is 17.1. The zero-order valence-corrected chi connectivity index (χ0v) is 15.7. The molecule has 4 rings (SSSR count). The Balaban J connectivity index is 1.62. The van der Waals surface area contributed by atoms with Crippen LogP contribution in [0.15, 0.2) is 66.7 Å². The molecule has 1 heterocycles. The zero-order valence-electron chi connectivity index (χ0n) is 13.4. The number of thiazole rings is 1. The molecule has 0 spiro atoms. The van der Waals surface area contributed by atoms with Gasteiger partial charge in [-0.05, 0) is 42.5 Å². The van der Waals surface area contributed by atoms with Gasteiger partial charge in [0.1, 0.15) is 5.01 Å². The van der Waals surface area contributed by atoms with Crippen LogP contribution < -0.4 is 5.32 Å². The number of nitrogens with zero attached hydrogens (tertiary/aromatic N) is 1. The summed E-state index contributed by atoms with van der Waals surface area (Å²) in [5.41, 5.74) is 2.97. The molecule has 3 nitrogen and oxygen atoms in total. The van der Waals surface area contributed by atoms with E-state index < -0.39 is 0 Å². The molecule has 26 heavy (non-hydrogen) atoms. The summed E-state index contributed by atoms with van der Waals surface area (Å²) in [6.07, 6.45) is 0. The van der Waals surface area contributed by atoms with Gasteiger partial charge in [0.2, 0.25) is 0 Å². The van der Waals surface area contributed by atoms with Crippen LogP contribution >= 0.6 is 34.5 Å². The van der Waals surface area contributed by atoms with E-state index in [9.17, 15) is 4.79 Å². The van der Waals surface area contributed by atoms with Gasteiger partial charge in [0.25, 0.3) is 5.91 Å². The SMILES string of the molecule is O=C(Nc1cccc(-c2nc3ccccc3s2)c1)c1ccc(Cl)cc1Cl. The third-order valence-electron chi connectivity index (χ3n) is 3.84. The summed E-state index contributed by atoms with van der Waals surface area (Å²) < 4.78 is 1.13. The van der Waals surface area contributed by atoms with Crippen LogP contribution in [-0.4, -0.2) is 10.9 Å². The molecule has 0 unspecified atom stereocenters. The van der Waals surface area contributed by atoms with Crippen LogP contribution in [0.2, 0.25) is 10.0 Å². The molecule has 0 radical (unpaired) electrons. The molecular formula is C20H12Cl2N2OS. The van der Waals surface area contributed by atoms with Gasteiger partial charge in [-0.1, -0.05) is 47.5 Å². The minimum Gasteiger partial charge on any atom is -0.322 e. The monoisotopic (exact) mass is 398 g/mol. The molecule has 0 saturated carbocycles. The number of rotatable bonds is 3. The first-order valence-corrected chi connectivity index (χ1v) is 9.40. The van der Waals surface area contributed by atoms with Gasteiger partial charge in [-0.3, -0.25) is 4.79 Å². The average Bonchev–Trinajstić information content (AvgIpc) is 3.06. The van der Waals surface area contributed by atoms with Crippen molar-refractivity contribution in [1.29, 1.82) is 0 Å². The Kier molecular flexibility index (Phi) is 4.64. The van der Waals surface area contributed by atoms with Crippen molar-refractivity contribution >= 4 is 56.3 Å². The largest absolute Gasteiger partial charge is 0.322 e. The van der Waals surface area contributed by atoms with Crippen molar-refractivity contribution in [2.75, 3.05) is 5.32 Å². The van der Waals surface area contributed by atoms with E-state index in [4.69, 9.17) is 23.2 Å². The lowest BCUT2D eigenvalue weighted by atomic mass is 10.1. The Bertz CT molecular complexity index is 1090. The summed E-state index contributed by atoms with van der Waals surface area (Å²) in [5, 5.41) is 4.59. The maximum Gasteiger partial charge on any atom is 0.257 e. The fraction of sp³-hybridized carbons (Fsp3) is 0. The lowest BCUT2D eigenvalue weighted by molar-refractivity contribution is 0.102. The lowest BCUT2D eigenvalue weighted by Crippen LogP contribution is -2.12. The van der Waals surface area contributed by atoms with Crippen molar-refractivity contribution in [2.45, 2.75) is 0 Å². The summed E-state index contributed by atoms with van der Waals surface area (Å²) in [6.45, 7) is 0. The highest BCUT2D eigenvalue weighted by molar-refractivity contribution is 7.21. The number of fused-ring (bicyclic) bond motifs is 1. The van der Waals surface area contributed by atoms with Gasteiger partial charge >= 0.3 is 0 Å². The molecule has 6 heteroatoms. The number of para-hydroxylation sites is 1. The van der Waals surface area contributed by atoms with Gasteiger partial charge in [0.05, 0.1) is 20.8 Å². The van der Waals surface area contributed by atoms with Crippen LogP contribution in [0, 0.1) is 0 Å². The van der Waals surface area contributed by atoms with Crippen molar-refractivity contribution in [2.24, 2.45) is 0 Å². The number of nitrogens with one attached hydrogen (secondary N) is 1. The molecule has 4 aromatic rings. The van der Waals surface area contributed by atoms with Crippen molar-refractivity contribution in [1.82, 2.24) is 4.98 Å². The fourth-order valence-corrected chi connectivity index (χ4v) is 4.05. The number of carbonyl (C=O) groups excluding carboxylic acids is 1. The third kappa shape index (κ3) is 3.44. The van der Waals surface area contributed by atoms with Gasteiger partial charge < -0.3 is 5.32 Å². The zero-order chi connectivity index (χ0) is 18.1. The molecule has 0 saturated heterocycles. The minimum atomic E-state index is -0.284. The van der Waals surface area contributed by atoms with Gasteiger partial charge in [0.15, 0.2) is 0 Å². The molecule has 3 aromatic carbocycles. The predicted molar refractivity (Wildman–Crippen MR) is 109 cm³/mol. The second-order valence-corrected chi connectivity index (χ2v) is 7.52. The number of benzene rings is 3. The Morgan fingerprint density at radius 1 is 0.962 bits per heavy atom. The third-order valence-corrected chi connectivity index (χ3v) is 5.47. The van der Waals surface area contributed by atoms with Crippen molar-refractivity contribution < 1.29 is 4.79 Å². The van der Waals surface area contributed by atoms with Crippen molar-refractivity contribution in [3.05, 3.63) is 82.3 Å². The highest BCUT2D eigenvalue weighted by atomic mass is 35.5. The van der Waals surface area contributed by atoms with Gasteiger partial charge in [-0.15, -0.1) is 11.3 Å². The highest BCUT2D eigenvalue weighted by Gasteiger charge is 2.12. The Hall–Kier alpha value is -2.40. The Morgan fingerprint density at radius 2 is 1.81 bits per heavy atom. The second kappa shape index (κ2) is 7.08. The smallest absolute Gasteiger partial charge is 0.257 e. The van der Waals surface area contributed by atoms with Crippen LogP contribution in [0.5, 0.6) is 0 Å². The predicted octanol–water partition coefficient (Wildman–Crippen LogP) is 6.52. The van der Waals surface area contributed by atoms with Crippen LogP contribution in [-0.2, 0) is 0 Å². The van der Waals surface area contributed by atoms with E-state index >= 15 is 0 Å². The molecule has 0 atom stereocenters. The summed E-state index contributed by atoms with van der Waals surface area (Å²) in [5.74, 6) is -0.284. The minimum absolute atomic E-state index is 0.284. The first-order valence-electron chi connectivity index (χ1n) is 7.82. The average molecular weight is 399 g/mol. The van der Waals surface area contributed by atoms with Crippen LogP contribution in [0.1, 0.15) is 10.4 Å². The van der Waals surface area contributed by atoms with Crippen LogP contribution in [0.4, 0.5) is 5.69 Å². The first kappa shape index (κ1) is 17.0. The molecule has 0 bridgehead atoms. The highest BCUT2D eigenvalue weighted by Crippen LogP contribution is 2.31. The van der Waals surface area contributed by atoms with Crippen LogP contribution in [0.25, 0.3) is 20.8 Å². The molecule has 0 aliphatic carbocycles. The maximum atomic E-state index is 12.5. The van der Waals surface area contributed by atoms with Crippen molar-refractivity contribution in [3.63, 3.8) is 0 Å². The van der Waals surface area contributed by atoms with E-state index in [1.54, 1.807) is 29.5 Å². The molecule has 0 aliphatic heterocycles. The number of anilines is 1. The molecular weight excluding hydrogens is 387 g/mol. The van der Waals surface area contributed by atoms with Gasteiger partial charge in [-0.25, -0.2) is 4.98 Å². The van der Waals surface area contributed by atoms with E-state index in [0.29, 0.717) is 21.3 Å². The molecule has 128 valence electrons. The van der Waals surface area contributed by atoms with Crippen LogP contribution in [0.3, 0.4) is 0 Å². The maximum absolute atomic E-state index is 12.5. The number of aromatic nitrogens is 1. The van der Waals surface area contributed by atoms with E-state index in [0.717, 1.165) is 20.8 Å². The van der Waals surface area contributed by atoms with Crippen molar-refractivity contribution in [3.8, 4) is 10.6 Å². The van der Waals surface area contributed by atoms with E-state index in [1.165, 1.54) is 0 Å². The normalized spacial score (nSPS) is 10.8. The molecule has 0 aliphatic rings. The molecule has 1 N–H and O–H groups in total. The topological polar surface area (TPSA) is 42.0 Å². The van der Waals surface area contributed by atoms with Gasteiger partial charge in [0, 0.05) is 16.3 Å². The van der Waals surface area contributed by atoms with E-state index in [2.05, 4.69) is 10.3 Å². The summed E-state index contributed by atoms with van der Waals surface area (Å²) in [7, 11) is 0. The Labute approximate surface area is 164 Å². The number of hydrogen-bond donors (Lipinski definition) is 1. The number of halogens is 2. The lowest BCUT2D eigenvalue weighted by Gasteiger charge is -2.08. The summed E-state index contributed by atoms with van der Waals surface area (Å²) in [6, 6.07) is 20.4. The standard InChI is InChI=1S/C20H12Cl2N2OS/c21-13-8-9-15(16(22)11-13)19(25)23-14-5-3-4-12(10-14)20-24-17-6-1-2-7-18(17)26-20/h1-11H,(H,23,25). The Morgan fingerprint density at radius 3 is 2.62 bits per heavy atom. The molecule has 1 amide bonds. The quantitative estimate of drug-likeness (QED) is 0.426. The molecule has 1 aromatic heterocycles. The van der Waals surface area contributed by atoms with E-state index in [1.807, 2.05) is 48.5 Å². The van der Waals surface area contributed by atoms with E-state index in [-0.39, 0.29) is 5.91 Å². The first-order chi connectivity index (χ1) is 12.6. The fourth-order valence-electron chi connectivity index (χ4n) is 2.60. The van der Waals surface area contributed by atoms with Gasteiger partial charge in [-0.2, -0.15) is 0 Å². The number of carbonyl (C=O) groups is 1. The molecule has 0 fully saturated rings. The second-order valence-electron chi connectivity index (χ2n) is 5.65.